The number of benzene rings is 1. The van der Waals surface area contributed by atoms with Gasteiger partial charge in [-0.3, -0.25) is 19.4 Å². The molecule has 15 nitrogen and oxygen atoms in total. The predicted octanol–water partition coefficient (Wildman–Crippen LogP) is 1.31. The molecule has 0 radical (unpaired) electrons. The molecule has 2 aliphatic heterocycles. The molecule has 1 saturated carbocycles. The monoisotopic (exact) mass is 646 g/mol. The number of rotatable bonds is 10. The van der Waals surface area contributed by atoms with Crippen LogP contribution in [-0.2, 0) is 24.0 Å². The molecule has 1 aromatic carbocycles. The lowest BCUT2D eigenvalue weighted by Gasteiger charge is -2.45. The highest BCUT2D eigenvalue weighted by atomic mass is 16.5. The molecule has 4 rings (SSSR count). The van der Waals surface area contributed by atoms with Crippen LogP contribution >= 0.6 is 0 Å². The van der Waals surface area contributed by atoms with Crippen molar-refractivity contribution < 1.29 is 53.9 Å². The highest BCUT2D eigenvalue weighted by molar-refractivity contribution is 5.97. The van der Waals surface area contributed by atoms with Crippen LogP contribution in [0.4, 0.5) is 0 Å². The van der Waals surface area contributed by atoms with Gasteiger partial charge in [-0.05, 0) is 70.0 Å². The lowest BCUT2D eigenvalue weighted by Crippen LogP contribution is -2.58. The van der Waals surface area contributed by atoms with E-state index in [-0.39, 0.29) is 24.4 Å². The number of aliphatic carboxylic acids is 4. The highest BCUT2D eigenvalue weighted by Gasteiger charge is 2.36. The lowest BCUT2D eigenvalue weighted by molar-refractivity contribution is -0.135. The number of carboxylic acid groups (broad SMARTS) is 4. The van der Waals surface area contributed by atoms with E-state index in [4.69, 9.17) is 25.2 Å². The minimum absolute atomic E-state index is 0.0593. The molecule has 2 heterocycles. The molecule has 0 aromatic heterocycles. The van der Waals surface area contributed by atoms with E-state index in [2.05, 4.69) is 16.8 Å². The third-order valence-corrected chi connectivity index (χ3v) is 7.45. The van der Waals surface area contributed by atoms with E-state index in [1.54, 1.807) is 36.3 Å². The smallest absolute Gasteiger partial charge is 0.328 e. The number of carbonyl (C=O) groups is 6. The Labute approximate surface area is 266 Å². The second kappa shape index (κ2) is 18.9. The van der Waals surface area contributed by atoms with E-state index in [9.17, 15) is 28.8 Å². The predicted molar refractivity (Wildman–Crippen MR) is 164 cm³/mol. The van der Waals surface area contributed by atoms with Crippen LogP contribution < -0.4 is 4.74 Å². The largest absolute Gasteiger partial charge is 0.497 e. The number of ether oxygens (including phenoxy) is 1. The minimum atomic E-state index is -1.26. The number of carboxylic acids is 4. The van der Waals surface area contributed by atoms with E-state index in [1.807, 2.05) is 4.90 Å². The van der Waals surface area contributed by atoms with Crippen LogP contribution in [0, 0.1) is 0 Å². The minimum Gasteiger partial charge on any atom is -0.497 e. The molecule has 2 amide bonds. The zero-order valence-corrected chi connectivity index (χ0v) is 26.0. The van der Waals surface area contributed by atoms with Crippen LogP contribution in [0.15, 0.2) is 48.6 Å². The molecular weight excluding hydrogens is 604 g/mol. The van der Waals surface area contributed by atoms with E-state index >= 15 is 0 Å². The average molecular weight is 647 g/mol. The molecule has 1 unspecified atom stereocenters. The Hall–Kier alpha value is -4.76. The summed E-state index contributed by atoms with van der Waals surface area (Å²) < 4.78 is 5.18. The summed E-state index contributed by atoms with van der Waals surface area (Å²) in [7, 11) is 3.82. The van der Waals surface area contributed by atoms with Gasteiger partial charge in [-0.1, -0.05) is 0 Å². The SMILES string of the molecule is COc1ccc(C(=O)N(CC(=O)N2CCN(C3CCCCN3C)CC2)C2CC2)cc1.O=C(O)/C=C/C(=O)O.O=C(O)/C=C/C(=O)O. The quantitative estimate of drug-likeness (QED) is 0.265. The van der Waals surface area contributed by atoms with Crippen LogP contribution in [0.25, 0.3) is 0 Å². The first-order valence-electron chi connectivity index (χ1n) is 14.8. The first-order valence-corrected chi connectivity index (χ1v) is 14.8. The summed E-state index contributed by atoms with van der Waals surface area (Å²) in [6.07, 6.45) is 8.50. The third kappa shape index (κ3) is 13.5. The molecule has 46 heavy (non-hydrogen) atoms. The van der Waals surface area contributed by atoms with Crippen LogP contribution in [0.5, 0.6) is 5.75 Å². The fourth-order valence-electron chi connectivity index (χ4n) is 4.97. The second-order valence-electron chi connectivity index (χ2n) is 10.8. The Balaban J connectivity index is 0.000000381. The third-order valence-electron chi connectivity index (χ3n) is 7.45. The Kier molecular flexibility index (Phi) is 15.4. The molecule has 3 fully saturated rings. The van der Waals surface area contributed by atoms with Crippen LogP contribution in [-0.4, -0.2) is 141 Å². The maximum atomic E-state index is 13.0. The summed E-state index contributed by atoms with van der Waals surface area (Å²) >= 11 is 0. The molecule has 3 aliphatic rings. The van der Waals surface area contributed by atoms with Crippen molar-refractivity contribution in [3.8, 4) is 5.75 Å². The van der Waals surface area contributed by atoms with Gasteiger partial charge in [0.1, 0.15) is 12.3 Å². The Bertz CT molecular complexity index is 1200. The molecule has 0 spiro atoms. The van der Waals surface area contributed by atoms with Gasteiger partial charge in [0, 0.05) is 62.1 Å². The summed E-state index contributed by atoms with van der Waals surface area (Å²) in [6.45, 7) is 4.66. The maximum Gasteiger partial charge on any atom is 0.328 e. The Morgan fingerprint density at radius 2 is 1.26 bits per heavy atom. The summed E-state index contributed by atoms with van der Waals surface area (Å²) in [6, 6.07) is 7.34. The Morgan fingerprint density at radius 1 is 0.761 bits per heavy atom. The molecule has 1 aliphatic carbocycles. The van der Waals surface area contributed by atoms with Gasteiger partial charge < -0.3 is 35.0 Å². The van der Waals surface area contributed by atoms with Crippen LogP contribution in [0.1, 0.15) is 42.5 Å². The first-order chi connectivity index (χ1) is 21.8. The molecule has 1 atom stereocenters. The van der Waals surface area contributed by atoms with Gasteiger partial charge in [-0.2, -0.15) is 0 Å². The normalized spacial score (nSPS) is 18.5. The lowest BCUT2D eigenvalue weighted by atomic mass is 10.1. The van der Waals surface area contributed by atoms with E-state index < -0.39 is 23.9 Å². The first kappa shape index (κ1) is 37.4. The van der Waals surface area contributed by atoms with Crippen LogP contribution in [0.3, 0.4) is 0 Å². The summed E-state index contributed by atoms with van der Waals surface area (Å²) in [5.74, 6) is -4.29. The van der Waals surface area contributed by atoms with Crippen molar-refractivity contribution in [1.82, 2.24) is 19.6 Å². The van der Waals surface area contributed by atoms with Gasteiger partial charge in [-0.25, -0.2) is 19.2 Å². The number of amides is 2. The second-order valence-corrected chi connectivity index (χ2v) is 10.8. The molecule has 1 aromatic rings. The fourth-order valence-corrected chi connectivity index (χ4v) is 4.97. The molecule has 2 saturated heterocycles. The number of likely N-dealkylation sites (tertiary alicyclic amines) is 1. The topological polar surface area (TPSA) is 206 Å². The summed E-state index contributed by atoms with van der Waals surface area (Å²) in [5.41, 5.74) is 0.612. The number of hydrogen-bond donors (Lipinski definition) is 4. The number of piperidine rings is 1. The number of hydrogen-bond acceptors (Lipinski definition) is 9. The molecule has 252 valence electrons. The van der Waals surface area contributed by atoms with E-state index in [1.165, 1.54) is 19.3 Å². The molecule has 15 heteroatoms. The van der Waals surface area contributed by atoms with Gasteiger partial charge in [0.15, 0.2) is 0 Å². The number of piperazine rings is 1. The van der Waals surface area contributed by atoms with Gasteiger partial charge >= 0.3 is 23.9 Å². The standard InChI is InChI=1S/C23H34N4O3.2C4H4O4/c1-24-12-4-3-5-21(24)25-13-15-26(16-14-25)22(28)17-27(19-8-9-19)23(29)18-6-10-20(30-2)11-7-18;2*5-3(6)1-2-4(7)8/h6-7,10-11,19,21H,3-5,8-9,12-17H2,1-2H3;2*1-2H,(H,5,6)(H,7,8)/b;2*2-1+. The summed E-state index contributed by atoms with van der Waals surface area (Å²) in [4.78, 5) is 72.9. The van der Waals surface area contributed by atoms with Crippen molar-refractivity contribution in [1.29, 1.82) is 0 Å². The van der Waals surface area contributed by atoms with Crippen molar-refractivity contribution in [2.24, 2.45) is 0 Å². The molecular formula is C31H42N4O11. The van der Waals surface area contributed by atoms with Crippen LogP contribution in [0.2, 0.25) is 0 Å². The molecule has 4 N–H and O–H groups in total. The summed E-state index contributed by atoms with van der Waals surface area (Å²) in [5, 5.41) is 31.2. The van der Waals surface area contributed by atoms with Crippen molar-refractivity contribution in [3.05, 3.63) is 54.1 Å². The van der Waals surface area contributed by atoms with Crippen molar-refractivity contribution in [3.63, 3.8) is 0 Å². The zero-order valence-electron chi connectivity index (χ0n) is 26.0. The van der Waals surface area contributed by atoms with E-state index in [0.29, 0.717) is 36.0 Å². The van der Waals surface area contributed by atoms with Crippen molar-refractivity contribution in [2.75, 3.05) is 53.4 Å². The van der Waals surface area contributed by atoms with Gasteiger partial charge in [0.05, 0.1) is 13.3 Å². The van der Waals surface area contributed by atoms with E-state index in [0.717, 1.165) is 51.3 Å². The van der Waals surface area contributed by atoms with Gasteiger partial charge in [0.25, 0.3) is 5.91 Å². The number of nitrogens with zero attached hydrogens (tertiary/aromatic N) is 4. The van der Waals surface area contributed by atoms with Crippen molar-refractivity contribution >= 4 is 35.7 Å². The van der Waals surface area contributed by atoms with Gasteiger partial charge in [-0.15, -0.1) is 0 Å². The molecule has 0 bridgehead atoms. The number of carbonyl (C=O) groups excluding carboxylic acids is 2. The Morgan fingerprint density at radius 3 is 1.67 bits per heavy atom. The number of methoxy groups -OCH3 is 1. The maximum absolute atomic E-state index is 13.0. The zero-order chi connectivity index (χ0) is 34.2. The highest BCUT2D eigenvalue weighted by Crippen LogP contribution is 2.29. The average Bonchev–Trinajstić information content (AvgIpc) is 3.88. The van der Waals surface area contributed by atoms with Gasteiger partial charge in [0.2, 0.25) is 5.91 Å². The van der Waals surface area contributed by atoms with Crippen molar-refractivity contribution in [2.45, 2.75) is 44.3 Å². The fraction of sp³-hybridized carbons (Fsp3) is 0.484.